The third-order valence-corrected chi connectivity index (χ3v) is 4.93. The van der Waals surface area contributed by atoms with Crippen LogP contribution in [0.25, 0.3) is 0 Å². The molecule has 0 atom stereocenters. The average molecular weight is 391 g/mol. The van der Waals surface area contributed by atoms with Gasteiger partial charge in [-0.2, -0.15) is 0 Å². The quantitative estimate of drug-likeness (QED) is 0.450. The Kier molecular flexibility index (Phi) is 6.87. The molecule has 0 spiro atoms. The van der Waals surface area contributed by atoms with Crippen LogP contribution in [-0.2, 0) is 10.5 Å². The van der Waals surface area contributed by atoms with Crippen molar-refractivity contribution in [2.45, 2.75) is 12.7 Å². The Labute approximate surface area is 168 Å². The predicted octanol–water partition coefficient (Wildman–Crippen LogP) is 5.09. The molecule has 3 rings (SSSR count). The van der Waals surface area contributed by atoms with Crippen molar-refractivity contribution in [1.29, 1.82) is 0 Å². The van der Waals surface area contributed by atoms with Crippen molar-refractivity contribution in [1.82, 2.24) is 0 Å². The number of hydrogen-bond acceptors (Lipinski definition) is 4. The molecule has 5 heteroatoms. The lowest BCUT2D eigenvalue weighted by Gasteiger charge is -2.08. The summed E-state index contributed by atoms with van der Waals surface area (Å²) in [5.41, 5.74) is 3.63. The Balaban J connectivity index is 1.45. The second kappa shape index (κ2) is 9.76. The van der Waals surface area contributed by atoms with Crippen molar-refractivity contribution in [2.24, 2.45) is 0 Å². The molecule has 1 amide bonds. The minimum absolute atomic E-state index is 0.183. The van der Waals surface area contributed by atoms with E-state index in [9.17, 15) is 9.59 Å². The Morgan fingerprint density at radius 2 is 1.68 bits per heavy atom. The summed E-state index contributed by atoms with van der Waals surface area (Å²) in [6.45, 7) is 2.05. The highest BCUT2D eigenvalue weighted by molar-refractivity contribution is 7.99. The fraction of sp³-hybridized carbons (Fsp3) is 0.130. The fourth-order valence-corrected chi connectivity index (χ4v) is 3.36. The number of esters is 1. The zero-order chi connectivity index (χ0) is 19.8. The highest BCUT2D eigenvalue weighted by Crippen LogP contribution is 2.18. The number of anilines is 1. The normalized spacial score (nSPS) is 10.3. The molecule has 4 nitrogen and oxygen atoms in total. The van der Waals surface area contributed by atoms with Crippen molar-refractivity contribution >= 4 is 29.3 Å². The van der Waals surface area contributed by atoms with Crippen LogP contribution in [0, 0.1) is 6.92 Å². The smallest absolute Gasteiger partial charge is 0.321 e. The maximum atomic E-state index is 12.1. The maximum absolute atomic E-state index is 12.1. The van der Waals surface area contributed by atoms with Gasteiger partial charge in [-0.05, 0) is 48.9 Å². The van der Waals surface area contributed by atoms with Crippen molar-refractivity contribution < 1.29 is 14.3 Å². The first-order valence-electron chi connectivity index (χ1n) is 8.90. The molecule has 0 saturated heterocycles. The summed E-state index contributed by atoms with van der Waals surface area (Å²) in [5.74, 6) is 1.03. The summed E-state index contributed by atoms with van der Waals surface area (Å²) in [7, 11) is 0. The van der Waals surface area contributed by atoms with Gasteiger partial charge in [-0.25, -0.2) is 0 Å². The average Bonchev–Trinajstić information content (AvgIpc) is 2.70. The molecule has 0 fully saturated rings. The molecule has 142 valence electrons. The predicted molar refractivity (Wildman–Crippen MR) is 114 cm³/mol. The summed E-state index contributed by atoms with van der Waals surface area (Å²) in [4.78, 5) is 24.1. The van der Waals surface area contributed by atoms with Gasteiger partial charge in [-0.15, -0.1) is 11.8 Å². The number of benzene rings is 3. The zero-order valence-electron chi connectivity index (χ0n) is 15.6. The minimum Gasteiger partial charge on any atom is -0.426 e. The van der Waals surface area contributed by atoms with Crippen LogP contribution in [-0.4, -0.2) is 17.6 Å². The first-order valence-corrected chi connectivity index (χ1v) is 10.1. The molecule has 3 aromatic rings. The Morgan fingerprint density at radius 3 is 2.39 bits per heavy atom. The number of ether oxygens (including phenoxy) is 1. The molecule has 0 bridgehead atoms. The van der Waals surface area contributed by atoms with Gasteiger partial charge in [0.1, 0.15) is 5.75 Å². The molecule has 0 aliphatic carbocycles. The molecular weight excluding hydrogens is 370 g/mol. The van der Waals surface area contributed by atoms with Crippen LogP contribution in [0.15, 0.2) is 78.9 Å². The van der Waals surface area contributed by atoms with Crippen molar-refractivity contribution in [2.75, 3.05) is 11.1 Å². The largest absolute Gasteiger partial charge is 0.426 e. The van der Waals surface area contributed by atoms with Gasteiger partial charge in [0.15, 0.2) is 0 Å². The van der Waals surface area contributed by atoms with E-state index < -0.39 is 0 Å². The van der Waals surface area contributed by atoms with E-state index in [1.165, 1.54) is 22.9 Å². The van der Waals surface area contributed by atoms with Crippen LogP contribution in [0.4, 0.5) is 5.69 Å². The first-order chi connectivity index (χ1) is 13.6. The molecule has 1 N–H and O–H groups in total. The van der Waals surface area contributed by atoms with Gasteiger partial charge in [0.05, 0.1) is 5.75 Å². The topological polar surface area (TPSA) is 55.4 Å². The van der Waals surface area contributed by atoms with E-state index in [0.29, 0.717) is 17.0 Å². The monoisotopic (exact) mass is 391 g/mol. The standard InChI is InChI=1S/C23H21NO3S/c1-17-6-5-7-18(14-17)15-28-16-22(25)27-21-12-10-20(11-13-21)24-23(26)19-8-3-2-4-9-19/h2-14H,15-16H2,1H3,(H,24,26). The summed E-state index contributed by atoms with van der Waals surface area (Å²) in [5, 5.41) is 2.81. The second-order valence-electron chi connectivity index (χ2n) is 6.30. The first kappa shape index (κ1) is 19.7. The second-order valence-corrected chi connectivity index (χ2v) is 7.29. The van der Waals surface area contributed by atoms with Gasteiger partial charge in [0.25, 0.3) is 5.91 Å². The van der Waals surface area contributed by atoms with E-state index in [4.69, 9.17) is 4.74 Å². The number of hydrogen-bond donors (Lipinski definition) is 1. The zero-order valence-corrected chi connectivity index (χ0v) is 16.4. The molecule has 3 aromatic carbocycles. The Hall–Kier alpha value is -3.05. The maximum Gasteiger partial charge on any atom is 0.321 e. The summed E-state index contributed by atoms with van der Waals surface area (Å²) >= 11 is 1.52. The van der Waals surface area contributed by atoms with E-state index in [0.717, 1.165) is 5.75 Å². The third-order valence-electron chi connectivity index (χ3n) is 3.95. The van der Waals surface area contributed by atoms with Gasteiger partial charge < -0.3 is 10.1 Å². The lowest BCUT2D eigenvalue weighted by Crippen LogP contribution is -2.12. The van der Waals surface area contributed by atoms with E-state index in [1.54, 1.807) is 36.4 Å². The fourth-order valence-electron chi connectivity index (χ4n) is 2.61. The highest BCUT2D eigenvalue weighted by Gasteiger charge is 2.08. The van der Waals surface area contributed by atoms with Crippen molar-refractivity contribution in [3.8, 4) is 5.75 Å². The van der Waals surface area contributed by atoms with Crippen molar-refractivity contribution in [3.05, 3.63) is 95.6 Å². The third kappa shape index (κ3) is 5.99. The Bertz CT molecular complexity index is 940. The number of rotatable bonds is 7. The molecule has 0 unspecified atom stereocenters. The summed E-state index contributed by atoms with van der Waals surface area (Å²) in [6.07, 6.45) is 0. The molecule has 0 radical (unpaired) electrons. The molecule has 0 aromatic heterocycles. The van der Waals surface area contributed by atoms with Gasteiger partial charge in [0, 0.05) is 17.0 Å². The van der Waals surface area contributed by atoms with E-state index in [1.807, 2.05) is 43.3 Å². The SMILES string of the molecule is Cc1cccc(CSCC(=O)Oc2ccc(NC(=O)c3ccccc3)cc2)c1. The molecular formula is C23H21NO3S. The van der Waals surface area contributed by atoms with E-state index in [-0.39, 0.29) is 17.6 Å². The van der Waals surface area contributed by atoms with Crippen LogP contribution >= 0.6 is 11.8 Å². The van der Waals surface area contributed by atoms with Crippen LogP contribution < -0.4 is 10.1 Å². The lowest BCUT2D eigenvalue weighted by molar-refractivity contribution is -0.131. The van der Waals surface area contributed by atoms with E-state index in [2.05, 4.69) is 11.4 Å². The van der Waals surface area contributed by atoms with Gasteiger partial charge in [-0.1, -0.05) is 48.0 Å². The van der Waals surface area contributed by atoms with Crippen molar-refractivity contribution in [3.63, 3.8) is 0 Å². The number of amides is 1. The molecule has 0 aliphatic heterocycles. The number of aryl methyl sites for hydroxylation is 1. The summed E-state index contributed by atoms with van der Waals surface area (Å²) < 4.78 is 5.35. The number of thioether (sulfide) groups is 1. The number of carbonyl (C=O) groups is 2. The van der Waals surface area contributed by atoms with Gasteiger partial charge >= 0.3 is 5.97 Å². The molecule has 0 saturated carbocycles. The number of carbonyl (C=O) groups excluding carboxylic acids is 2. The van der Waals surface area contributed by atoms with Crippen LogP contribution in [0.1, 0.15) is 21.5 Å². The molecule has 28 heavy (non-hydrogen) atoms. The number of nitrogens with one attached hydrogen (secondary N) is 1. The highest BCUT2D eigenvalue weighted by atomic mass is 32.2. The van der Waals surface area contributed by atoms with Crippen LogP contribution in [0.2, 0.25) is 0 Å². The van der Waals surface area contributed by atoms with Crippen LogP contribution in [0.3, 0.4) is 0 Å². The Morgan fingerprint density at radius 1 is 0.929 bits per heavy atom. The summed E-state index contributed by atoms with van der Waals surface area (Å²) in [6, 6.07) is 24.0. The van der Waals surface area contributed by atoms with E-state index >= 15 is 0 Å². The minimum atomic E-state index is -0.293. The lowest BCUT2D eigenvalue weighted by atomic mass is 10.2. The van der Waals surface area contributed by atoms with Gasteiger partial charge in [0.2, 0.25) is 0 Å². The molecule has 0 aliphatic rings. The van der Waals surface area contributed by atoms with Gasteiger partial charge in [-0.3, -0.25) is 9.59 Å². The molecule has 0 heterocycles. The van der Waals surface area contributed by atoms with Crippen LogP contribution in [0.5, 0.6) is 5.75 Å².